The van der Waals surface area contributed by atoms with E-state index in [1.165, 1.54) is 18.5 Å². The fraction of sp³-hybridized carbons (Fsp3) is 0.647. The van der Waals surface area contributed by atoms with Gasteiger partial charge in [0, 0.05) is 34.8 Å². The molecule has 0 saturated carbocycles. The Bertz CT molecular complexity index is 440. The third-order valence-corrected chi connectivity index (χ3v) is 5.32. The molecule has 1 aliphatic heterocycles. The molecule has 0 bridgehead atoms. The highest BCUT2D eigenvalue weighted by Gasteiger charge is 2.37. The van der Waals surface area contributed by atoms with Crippen molar-refractivity contribution in [1.29, 1.82) is 0 Å². The Morgan fingerprint density at radius 2 is 2.05 bits per heavy atom. The van der Waals surface area contributed by atoms with Crippen molar-refractivity contribution < 1.29 is 0 Å². The molecule has 1 fully saturated rings. The molecule has 112 valence electrons. The zero-order valence-electron chi connectivity index (χ0n) is 13.1. The summed E-state index contributed by atoms with van der Waals surface area (Å²) in [6.45, 7) is 11.4. The summed E-state index contributed by atoms with van der Waals surface area (Å²) < 4.78 is 1.16. The van der Waals surface area contributed by atoms with Crippen LogP contribution in [0.25, 0.3) is 0 Å². The van der Waals surface area contributed by atoms with Crippen LogP contribution in [-0.4, -0.2) is 24.7 Å². The van der Waals surface area contributed by atoms with E-state index in [2.05, 4.69) is 78.1 Å². The van der Waals surface area contributed by atoms with E-state index in [1.54, 1.807) is 0 Å². The van der Waals surface area contributed by atoms with Crippen LogP contribution in [0, 0.1) is 5.92 Å². The third-order valence-electron chi connectivity index (χ3n) is 4.82. The lowest BCUT2D eigenvalue weighted by atomic mass is 9.86. The third kappa shape index (κ3) is 3.20. The summed E-state index contributed by atoms with van der Waals surface area (Å²) in [5.74, 6) is 0.646. The van der Waals surface area contributed by atoms with Crippen LogP contribution in [0.4, 0.5) is 5.69 Å². The molecule has 1 N–H and O–H groups in total. The van der Waals surface area contributed by atoms with E-state index in [9.17, 15) is 0 Å². The van der Waals surface area contributed by atoms with Crippen molar-refractivity contribution >= 4 is 21.6 Å². The SMILES string of the molecule is CCC1(CC)CN(c2cccc(Br)c2)C(C(C)C)CN1. The number of nitrogens with one attached hydrogen (secondary N) is 1. The zero-order valence-corrected chi connectivity index (χ0v) is 14.7. The fourth-order valence-corrected chi connectivity index (χ4v) is 3.57. The lowest BCUT2D eigenvalue weighted by Gasteiger charge is -2.50. The molecule has 1 aromatic carbocycles. The van der Waals surface area contributed by atoms with Gasteiger partial charge in [-0.25, -0.2) is 0 Å². The van der Waals surface area contributed by atoms with Crippen molar-refractivity contribution in [1.82, 2.24) is 5.32 Å². The van der Waals surface area contributed by atoms with Crippen LogP contribution in [0.3, 0.4) is 0 Å². The summed E-state index contributed by atoms with van der Waals surface area (Å²) in [7, 11) is 0. The van der Waals surface area contributed by atoms with Gasteiger partial charge in [-0.05, 0) is 37.0 Å². The minimum Gasteiger partial charge on any atom is -0.365 e. The Morgan fingerprint density at radius 3 is 2.60 bits per heavy atom. The van der Waals surface area contributed by atoms with Gasteiger partial charge in [-0.2, -0.15) is 0 Å². The maximum Gasteiger partial charge on any atom is 0.0438 e. The summed E-state index contributed by atoms with van der Waals surface area (Å²) in [4.78, 5) is 2.61. The number of piperazine rings is 1. The molecule has 1 aliphatic rings. The molecule has 1 heterocycles. The van der Waals surface area contributed by atoms with Gasteiger partial charge in [0.25, 0.3) is 0 Å². The molecule has 3 heteroatoms. The summed E-state index contributed by atoms with van der Waals surface area (Å²) >= 11 is 3.61. The Balaban J connectivity index is 2.32. The van der Waals surface area contributed by atoms with Crippen molar-refractivity contribution in [3.63, 3.8) is 0 Å². The number of anilines is 1. The average Bonchev–Trinajstić information content (AvgIpc) is 2.46. The van der Waals surface area contributed by atoms with Crippen LogP contribution in [-0.2, 0) is 0 Å². The zero-order chi connectivity index (χ0) is 14.8. The van der Waals surface area contributed by atoms with Gasteiger partial charge in [-0.15, -0.1) is 0 Å². The minimum absolute atomic E-state index is 0.258. The van der Waals surface area contributed by atoms with Crippen LogP contribution in [0.2, 0.25) is 0 Å². The Labute approximate surface area is 132 Å². The van der Waals surface area contributed by atoms with Crippen molar-refractivity contribution in [3.8, 4) is 0 Å². The van der Waals surface area contributed by atoms with Gasteiger partial charge in [-0.1, -0.05) is 49.7 Å². The molecule has 2 nitrogen and oxygen atoms in total. The minimum atomic E-state index is 0.258. The monoisotopic (exact) mass is 338 g/mol. The van der Waals surface area contributed by atoms with E-state index in [0.29, 0.717) is 12.0 Å². The lowest BCUT2D eigenvalue weighted by Crippen LogP contribution is -2.65. The highest BCUT2D eigenvalue weighted by atomic mass is 79.9. The largest absolute Gasteiger partial charge is 0.365 e. The van der Waals surface area contributed by atoms with Crippen LogP contribution in [0.5, 0.6) is 0 Å². The van der Waals surface area contributed by atoms with Gasteiger partial charge < -0.3 is 10.2 Å². The summed E-state index contributed by atoms with van der Waals surface area (Å²) in [5.41, 5.74) is 1.60. The molecule has 20 heavy (non-hydrogen) atoms. The van der Waals surface area contributed by atoms with Gasteiger partial charge in [0.15, 0.2) is 0 Å². The second kappa shape index (κ2) is 6.48. The fourth-order valence-electron chi connectivity index (χ4n) is 3.19. The van der Waals surface area contributed by atoms with Gasteiger partial charge in [0.2, 0.25) is 0 Å². The molecule has 1 unspecified atom stereocenters. The summed E-state index contributed by atoms with van der Waals surface area (Å²) in [5, 5.41) is 3.82. The van der Waals surface area contributed by atoms with E-state index in [4.69, 9.17) is 0 Å². The van der Waals surface area contributed by atoms with Gasteiger partial charge in [-0.3, -0.25) is 0 Å². The predicted molar refractivity (Wildman–Crippen MR) is 91.4 cm³/mol. The van der Waals surface area contributed by atoms with E-state index in [0.717, 1.165) is 17.6 Å². The Morgan fingerprint density at radius 1 is 1.35 bits per heavy atom. The van der Waals surface area contributed by atoms with E-state index < -0.39 is 0 Å². The Kier molecular flexibility index (Phi) is 5.14. The molecular formula is C17H27BrN2. The number of rotatable bonds is 4. The first-order valence-electron chi connectivity index (χ1n) is 7.78. The standard InChI is InChI=1S/C17H27BrN2/c1-5-17(6-2)12-20(16(11-19-17)13(3)4)15-9-7-8-14(18)10-15/h7-10,13,16,19H,5-6,11-12H2,1-4H3. The lowest BCUT2D eigenvalue weighted by molar-refractivity contribution is 0.227. The quantitative estimate of drug-likeness (QED) is 0.872. The first-order chi connectivity index (χ1) is 9.51. The highest BCUT2D eigenvalue weighted by Crippen LogP contribution is 2.31. The smallest absolute Gasteiger partial charge is 0.0438 e. The molecule has 0 aromatic heterocycles. The number of halogens is 1. The molecular weight excluding hydrogens is 312 g/mol. The van der Waals surface area contributed by atoms with Gasteiger partial charge in [0.1, 0.15) is 0 Å². The van der Waals surface area contributed by atoms with E-state index in [-0.39, 0.29) is 5.54 Å². The second-order valence-electron chi connectivity index (χ2n) is 6.29. The van der Waals surface area contributed by atoms with E-state index >= 15 is 0 Å². The van der Waals surface area contributed by atoms with Gasteiger partial charge >= 0.3 is 0 Å². The average molecular weight is 339 g/mol. The number of benzene rings is 1. The molecule has 0 radical (unpaired) electrons. The molecule has 1 atom stereocenters. The second-order valence-corrected chi connectivity index (χ2v) is 7.20. The normalized spacial score (nSPS) is 22.3. The number of hydrogen-bond acceptors (Lipinski definition) is 2. The first kappa shape index (κ1) is 15.8. The van der Waals surface area contributed by atoms with Crippen molar-refractivity contribution in [2.24, 2.45) is 5.92 Å². The van der Waals surface area contributed by atoms with Crippen LogP contribution in [0.15, 0.2) is 28.7 Å². The molecule has 0 spiro atoms. The predicted octanol–water partition coefficient (Wildman–Crippen LogP) is 4.44. The van der Waals surface area contributed by atoms with E-state index in [1.807, 2.05) is 0 Å². The highest BCUT2D eigenvalue weighted by molar-refractivity contribution is 9.10. The topological polar surface area (TPSA) is 15.3 Å². The molecule has 0 amide bonds. The molecule has 1 aromatic rings. The van der Waals surface area contributed by atoms with Crippen molar-refractivity contribution in [2.45, 2.75) is 52.1 Å². The van der Waals surface area contributed by atoms with Crippen LogP contribution < -0.4 is 10.2 Å². The first-order valence-corrected chi connectivity index (χ1v) is 8.58. The van der Waals surface area contributed by atoms with Crippen LogP contribution >= 0.6 is 15.9 Å². The van der Waals surface area contributed by atoms with Crippen LogP contribution in [0.1, 0.15) is 40.5 Å². The van der Waals surface area contributed by atoms with Gasteiger partial charge in [0.05, 0.1) is 0 Å². The van der Waals surface area contributed by atoms with Crippen molar-refractivity contribution in [2.75, 3.05) is 18.0 Å². The molecule has 0 aliphatic carbocycles. The summed E-state index contributed by atoms with van der Waals surface area (Å²) in [6.07, 6.45) is 2.36. The van der Waals surface area contributed by atoms with Crippen molar-refractivity contribution in [3.05, 3.63) is 28.7 Å². The number of hydrogen-bond donors (Lipinski definition) is 1. The Hall–Kier alpha value is -0.540. The maximum atomic E-state index is 3.82. The number of nitrogens with zero attached hydrogens (tertiary/aromatic N) is 1. The molecule has 2 rings (SSSR count). The molecule has 1 saturated heterocycles. The summed E-state index contributed by atoms with van der Waals surface area (Å²) in [6, 6.07) is 9.29. The maximum absolute atomic E-state index is 3.82.